The molecule has 2 aromatic carbocycles. The lowest BCUT2D eigenvalue weighted by Gasteiger charge is -2.10. The van der Waals surface area contributed by atoms with Crippen LogP contribution < -0.4 is 26.6 Å². The monoisotopic (exact) mass is 448 g/mol. The molecule has 0 bridgehead atoms. The van der Waals surface area contributed by atoms with Crippen molar-refractivity contribution in [3.8, 4) is 5.75 Å². The number of anilines is 2. The molecule has 2 N–H and O–H groups in total. The number of methoxy groups -OCH3 is 1. The molecule has 10 heteroatoms. The number of imidazole rings is 1. The van der Waals surface area contributed by atoms with Crippen LogP contribution in [0, 0.1) is 0 Å². The number of nitrogens with zero attached hydrogens (tertiary/aromatic N) is 4. The fourth-order valence-corrected chi connectivity index (χ4v) is 3.50. The molecule has 0 aliphatic carbocycles. The summed E-state index contributed by atoms with van der Waals surface area (Å²) in [6.45, 7) is 0.999. The van der Waals surface area contributed by atoms with Gasteiger partial charge in [0.05, 0.1) is 13.4 Å². The van der Waals surface area contributed by atoms with E-state index < -0.39 is 5.69 Å². The largest absolute Gasteiger partial charge is 0.497 e. The summed E-state index contributed by atoms with van der Waals surface area (Å²) in [5.74, 6) is 0.509. The molecule has 0 spiro atoms. The van der Waals surface area contributed by atoms with Crippen LogP contribution in [0.15, 0.2) is 64.4 Å². The first kappa shape index (κ1) is 21.9. The Morgan fingerprint density at radius 3 is 2.30 bits per heavy atom. The first-order valence-electron chi connectivity index (χ1n) is 10.3. The van der Waals surface area contributed by atoms with Gasteiger partial charge in [0, 0.05) is 44.1 Å². The van der Waals surface area contributed by atoms with E-state index in [1.807, 2.05) is 12.1 Å². The van der Waals surface area contributed by atoms with Gasteiger partial charge < -0.3 is 19.9 Å². The third-order valence-corrected chi connectivity index (χ3v) is 5.39. The van der Waals surface area contributed by atoms with Gasteiger partial charge in [0.15, 0.2) is 11.2 Å². The van der Waals surface area contributed by atoms with Crippen LogP contribution in [-0.4, -0.2) is 38.2 Å². The summed E-state index contributed by atoms with van der Waals surface area (Å²) in [5, 5.41) is 6.11. The Morgan fingerprint density at radius 1 is 0.970 bits per heavy atom. The molecule has 0 fully saturated rings. The smallest absolute Gasteiger partial charge is 0.332 e. The molecule has 2 aromatic heterocycles. The first-order chi connectivity index (χ1) is 15.9. The number of hydrogen-bond acceptors (Lipinski definition) is 6. The third-order valence-electron chi connectivity index (χ3n) is 5.39. The van der Waals surface area contributed by atoms with E-state index in [2.05, 4.69) is 15.6 Å². The van der Waals surface area contributed by atoms with E-state index in [0.717, 1.165) is 16.0 Å². The van der Waals surface area contributed by atoms with Gasteiger partial charge in [0.2, 0.25) is 0 Å². The maximum atomic E-state index is 12.5. The number of amides is 1. The highest BCUT2D eigenvalue weighted by Gasteiger charge is 2.14. The summed E-state index contributed by atoms with van der Waals surface area (Å²) in [7, 11) is 4.63. The molecule has 4 aromatic rings. The Labute approximate surface area is 189 Å². The molecule has 33 heavy (non-hydrogen) atoms. The number of aryl methyl sites for hydroxylation is 1. The van der Waals surface area contributed by atoms with E-state index in [1.54, 1.807) is 61.5 Å². The maximum absolute atomic E-state index is 12.5. The topological polar surface area (TPSA) is 112 Å². The number of carbonyl (C=O) groups excluding carboxylic acids is 1. The van der Waals surface area contributed by atoms with E-state index >= 15 is 0 Å². The molecule has 0 atom stereocenters. The van der Waals surface area contributed by atoms with Gasteiger partial charge in [0.25, 0.3) is 11.5 Å². The molecule has 0 aliphatic rings. The summed E-state index contributed by atoms with van der Waals surface area (Å²) in [6.07, 6.45) is 1.56. The summed E-state index contributed by atoms with van der Waals surface area (Å²) < 4.78 is 9.27. The van der Waals surface area contributed by atoms with Gasteiger partial charge in [-0.15, -0.1) is 0 Å². The summed E-state index contributed by atoms with van der Waals surface area (Å²) in [5.41, 5.74) is 1.99. The Morgan fingerprint density at radius 2 is 1.64 bits per heavy atom. The van der Waals surface area contributed by atoms with Crippen molar-refractivity contribution in [2.45, 2.75) is 6.54 Å². The third kappa shape index (κ3) is 4.36. The normalized spacial score (nSPS) is 10.9. The summed E-state index contributed by atoms with van der Waals surface area (Å²) >= 11 is 0. The van der Waals surface area contributed by atoms with Crippen molar-refractivity contribution in [3.63, 3.8) is 0 Å². The van der Waals surface area contributed by atoms with Crippen LogP contribution in [0.25, 0.3) is 11.2 Å². The second kappa shape index (κ2) is 9.03. The highest BCUT2D eigenvalue weighted by Crippen LogP contribution is 2.17. The molecule has 0 saturated carbocycles. The lowest BCUT2D eigenvalue weighted by Crippen LogP contribution is -2.37. The number of nitrogens with one attached hydrogen (secondary N) is 2. The van der Waals surface area contributed by atoms with Crippen LogP contribution in [0.1, 0.15) is 10.4 Å². The van der Waals surface area contributed by atoms with Crippen molar-refractivity contribution >= 4 is 28.4 Å². The fraction of sp³-hybridized carbons (Fsp3) is 0.217. The second-order valence-corrected chi connectivity index (χ2v) is 7.50. The highest BCUT2D eigenvalue weighted by atomic mass is 16.5. The zero-order chi connectivity index (χ0) is 23.5. The first-order valence-corrected chi connectivity index (χ1v) is 10.3. The lowest BCUT2D eigenvalue weighted by atomic mass is 10.2. The Hall–Kier alpha value is -4.34. The second-order valence-electron chi connectivity index (χ2n) is 7.50. The van der Waals surface area contributed by atoms with Gasteiger partial charge in [-0.2, -0.15) is 0 Å². The Balaban J connectivity index is 1.38. The Bertz CT molecular complexity index is 1420. The lowest BCUT2D eigenvalue weighted by molar-refractivity contribution is 0.102. The van der Waals surface area contributed by atoms with Crippen LogP contribution in [0.4, 0.5) is 11.4 Å². The molecule has 2 heterocycles. The van der Waals surface area contributed by atoms with Crippen LogP contribution >= 0.6 is 0 Å². The molecule has 10 nitrogen and oxygen atoms in total. The van der Waals surface area contributed by atoms with E-state index in [9.17, 15) is 14.4 Å². The Kier molecular flexibility index (Phi) is 5.99. The minimum absolute atomic E-state index is 0.210. The average Bonchev–Trinajstić information content (AvgIpc) is 3.26. The summed E-state index contributed by atoms with van der Waals surface area (Å²) in [4.78, 5) is 41.2. The van der Waals surface area contributed by atoms with Gasteiger partial charge in [-0.3, -0.25) is 18.7 Å². The molecule has 170 valence electrons. The molecular formula is C23H24N6O4. The maximum Gasteiger partial charge on any atom is 0.332 e. The van der Waals surface area contributed by atoms with Crippen LogP contribution in [0.3, 0.4) is 0 Å². The number of fused-ring (bicyclic) bond motifs is 1. The number of ether oxygens (including phenoxy) is 1. The van der Waals surface area contributed by atoms with E-state index in [-0.39, 0.29) is 11.5 Å². The molecule has 0 aliphatic heterocycles. The van der Waals surface area contributed by atoms with Crippen LogP contribution in [0.2, 0.25) is 0 Å². The molecule has 1 amide bonds. The van der Waals surface area contributed by atoms with Gasteiger partial charge >= 0.3 is 5.69 Å². The molecule has 4 rings (SSSR count). The van der Waals surface area contributed by atoms with Gasteiger partial charge in [-0.25, -0.2) is 9.78 Å². The van der Waals surface area contributed by atoms with Gasteiger partial charge in [-0.1, -0.05) is 0 Å². The SMILES string of the molecule is COc1ccc(NC(=O)c2ccc(NCCn3cnc4c3c(=O)n(C)c(=O)n4C)cc2)cc1. The number of carbonyl (C=O) groups is 1. The molecule has 0 unspecified atom stereocenters. The number of rotatable bonds is 7. The molecular weight excluding hydrogens is 424 g/mol. The van der Waals surface area contributed by atoms with Crippen molar-refractivity contribution in [3.05, 3.63) is 81.3 Å². The minimum atomic E-state index is -0.410. The zero-order valence-electron chi connectivity index (χ0n) is 18.5. The van der Waals surface area contributed by atoms with E-state index in [1.165, 1.54) is 11.6 Å². The zero-order valence-corrected chi connectivity index (χ0v) is 18.5. The number of benzene rings is 2. The van der Waals surface area contributed by atoms with E-state index in [4.69, 9.17) is 4.74 Å². The summed E-state index contributed by atoms with van der Waals surface area (Å²) in [6, 6.07) is 14.2. The van der Waals surface area contributed by atoms with Crippen molar-refractivity contribution in [2.24, 2.45) is 14.1 Å². The van der Waals surface area contributed by atoms with Gasteiger partial charge in [-0.05, 0) is 48.5 Å². The van der Waals surface area contributed by atoms with Crippen molar-refractivity contribution in [1.29, 1.82) is 0 Å². The van der Waals surface area contributed by atoms with Crippen molar-refractivity contribution in [1.82, 2.24) is 18.7 Å². The molecule has 0 saturated heterocycles. The van der Waals surface area contributed by atoms with Crippen LogP contribution in [-0.2, 0) is 20.6 Å². The van der Waals surface area contributed by atoms with E-state index in [0.29, 0.717) is 35.5 Å². The van der Waals surface area contributed by atoms with Crippen molar-refractivity contribution < 1.29 is 9.53 Å². The number of hydrogen-bond donors (Lipinski definition) is 2. The standard InChI is InChI=1S/C23H24N6O4/c1-27-20-19(22(31)28(2)23(27)32)29(14-25-20)13-12-24-16-6-4-15(5-7-16)21(30)26-17-8-10-18(33-3)11-9-17/h4-11,14,24H,12-13H2,1-3H3,(H,26,30). The quantitative estimate of drug-likeness (QED) is 0.446. The van der Waals surface area contributed by atoms with Gasteiger partial charge in [0.1, 0.15) is 5.75 Å². The highest BCUT2D eigenvalue weighted by molar-refractivity contribution is 6.04. The minimum Gasteiger partial charge on any atom is -0.497 e. The average molecular weight is 448 g/mol. The number of aromatic nitrogens is 4. The predicted octanol–water partition coefficient (Wildman–Crippen LogP) is 1.81. The predicted molar refractivity (Wildman–Crippen MR) is 126 cm³/mol. The van der Waals surface area contributed by atoms with Crippen molar-refractivity contribution in [2.75, 3.05) is 24.3 Å². The fourth-order valence-electron chi connectivity index (χ4n) is 3.50. The van der Waals surface area contributed by atoms with Crippen LogP contribution in [0.5, 0.6) is 5.75 Å². The molecule has 0 radical (unpaired) electrons.